The van der Waals surface area contributed by atoms with E-state index in [-0.39, 0.29) is 6.10 Å². The Hall–Kier alpha value is -1.62. The van der Waals surface area contributed by atoms with Crippen molar-refractivity contribution in [2.75, 3.05) is 25.1 Å². The number of ether oxygens (including phenoxy) is 1. The van der Waals surface area contributed by atoms with Gasteiger partial charge in [-0.2, -0.15) is 0 Å². The van der Waals surface area contributed by atoms with Gasteiger partial charge in [-0.05, 0) is 25.0 Å². The zero-order valence-electron chi connectivity index (χ0n) is 10.7. The van der Waals surface area contributed by atoms with Crippen LogP contribution < -0.4 is 4.90 Å². The van der Waals surface area contributed by atoms with Crippen LogP contribution in [-0.4, -0.2) is 42.4 Å². The summed E-state index contributed by atoms with van der Waals surface area (Å²) in [6.07, 6.45) is 1.90. The smallest absolute Gasteiger partial charge is 0.335 e. The first-order valence-electron chi connectivity index (χ1n) is 6.16. The number of carboxylic acids is 1. The van der Waals surface area contributed by atoms with E-state index in [0.29, 0.717) is 5.56 Å². The maximum absolute atomic E-state index is 11.1. The minimum atomic E-state index is -0.907. The summed E-state index contributed by atoms with van der Waals surface area (Å²) in [5.74, 6) is -0.165. The molecule has 98 valence electrons. The molecule has 0 spiro atoms. The fourth-order valence-electron chi connectivity index (χ4n) is 2.17. The van der Waals surface area contributed by atoms with Crippen LogP contribution in [0.5, 0.6) is 0 Å². The van der Waals surface area contributed by atoms with Crippen molar-refractivity contribution >= 4 is 11.8 Å². The fourth-order valence-corrected chi connectivity index (χ4v) is 2.17. The first-order valence-corrected chi connectivity index (χ1v) is 6.16. The normalized spacial score (nSPS) is 19.2. The van der Waals surface area contributed by atoms with Crippen molar-refractivity contribution in [2.24, 2.45) is 0 Å². The number of carboxylic acid groups (broad SMARTS) is 1. The summed E-state index contributed by atoms with van der Waals surface area (Å²) in [6.45, 7) is 3.60. The Labute approximate surface area is 106 Å². The summed E-state index contributed by atoms with van der Waals surface area (Å²) < 4.78 is 5.31. The molecule has 0 aromatic carbocycles. The summed E-state index contributed by atoms with van der Waals surface area (Å²) in [6, 6.07) is 3.27. The van der Waals surface area contributed by atoms with E-state index < -0.39 is 5.97 Å². The van der Waals surface area contributed by atoms with Crippen molar-refractivity contribution < 1.29 is 14.6 Å². The highest BCUT2D eigenvalue weighted by molar-refractivity contribution is 5.88. The molecule has 0 saturated carbocycles. The highest BCUT2D eigenvalue weighted by Crippen LogP contribution is 2.21. The van der Waals surface area contributed by atoms with Crippen LogP contribution in [0.15, 0.2) is 12.1 Å². The lowest BCUT2D eigenvalue weighted by Gasteiger charge is -2.18. The molecule has 0 aliphatic carbocycles. The van der Waals surface area contributed by atoms with Gasteiger partial charge in [-0.25, -0.2) is 9.78 Å². The van der Waals surface area contributed by atoms with E-state index >= 15 is 0 Å². The Morgan fingerprint density at radius 2 is 2.39 bits per heavy atom. The maximum Gasteiger partial charge on any atom is 0.335 e. The lowest BCUT2D eigenvalue weighted by Crippen LogP contribution is -2.23. The second-order valence-corrected chi connectivity index (χ2v) is 4.46. The van der Waals surface area contributed by atoms with Gasteiger partial charge < -0.3 is 14.7 Å². The zero-order valence-corrected chi connectivity index (χ0v) is 10.7. The van der Waals surface area contributed by atoms with E-state index in [9.17, 15) is 4.79 Å². The van der Waals surface area contributed by atoms with E-state index in [1.807, 2.05) is 6.92 Å². The Balaban J connectivity index is 2.27. The van der Waals surface area contributed by atoms with Crippen LogP contribution in [0.3, 0.4) is 0 Å². The lowest BCUT2D eigenvalue weighted by atomic mass is 10.2. The number of rotatable bonds is 4. The number of hydrogen-bond acceptors (Lipinski definition) is 4. The predicted octanol–water partition coefficient (Wildman–Crippen LogP) is 1.57. The van der Waals surface area contributed by atoms with Crippen LogP contribution in [0.25, 0.3) is 0 Å². The maximum atomic E-state index is 11.1. The van der Waals surface area contributed by atoms with Gasteiger partial charge in [0, 0.05) is 25.9 Å². The van der Waals surface area contributed by atoms with Gasteiger partial charge in [-0.15, -0.1) is 0 Å². The molecule has 1 aliphatic heterocycles. The third kappa shape index (κ3) is 2.61. The van der Waals surface area contributed by atoms with Crippen LogP contribution in [0.4, 0.5) is 5.82 Å². The minimum Gasteiger partial charge on any atom is -0.478 e. The number of aryl methyl sites for hydroxylation is 1. The quantitative estimate of drug-likeness (QED) is 0.878. The molecule has 5 nitrogen and oxygen atoms in total. The zero-order chi connectivity index (χ0) is 13.1. The molecule has 1 aromatic heterocycles. The van der Waals surface area contributed by atoms with Crippen molar-refractivity contribution in [3.05, 3.63) is 23.4 Å². The SMILES string of the molecule is CCc1cc(C(=O)O)cc(N2CCC(OC)C2)n1. The van der Waals surface area contributed by atoms with Gasteiger partial charge in [0.15, 0.2) is 0 Å². The van der Waals surface area contributed by atoms with Gasteiger partial charge in [-0.3, -0.25) is 0 Å². The molecular formula is C13H18N2O3. The van der Waals surface area contributed by atoms with Crippen molar-refractivity contribution in [3.8, 4) is 0 Å². The molecule has 0 radical (unpaired) electrons. The van der Waals surface area contributed by atoms with Gasteiger partial charge >= 0.3 is 5.97 Å². The van der Waals surface area contributed by atoms with Crippen LogP contribution in [0, 0.1) is 0 Å². The third-order valence-electron chi connectivity index (χ3n) is 3.28. The van der Waals surface area contributed by atoms with Crippen molar-refractivity contribution in [2.45, 2.75) is 25.9 Å². The number of aromatic nitrogens is 1. The number of methoxy groups -OCH3 is 1. The summed E-state index contributed by atoms with van der Waals surface area (Å²) in [5, 5.41) is 9.10. The molecular weight excluding hydrogens is 232 g/mol. The van der Waals surface area contributed by atoms with Crippen LogP contribution in [0.2, 0.25) is 0 Å². The fraction of sp³-hybridized carbons (Fsp3) is 0.538. The monoisotopic (exact) mass is 250 g/mol. The largest absolute Gasteiger partial charge is 0.478 e. The van der Waals surface area contributed by atoms with Crippen molar-refractivity contribution in [1.29, 1.82) is 0 Å². The Morgan fingerprint density at radius 3 is 2.94 bits per heavy atom. The Bertz CT molecular complexity index is 448. The number of aromatic carboxylic acids is 1. The first-order chi connectivity index (χ1) is 8.63. The van der Waals surface area contributed by atoms with Gasteiger partial charge in [-0.1, -0.05) is 6.92 Å². The average Bonchev–Trinajstić information content (AvgIpc) is 2.86. The van der Waals surface area contributed by atoms with Crippen LogP contribution in [0.1, 0.15) is 29.4 Å². The molecule has 2 heterocycles. The number of pyridine rings is 1. The topological polar surface area (TPSA) is 62.7 Å². The van der Waals surface area contributed by atoms with E-state index in [2.05, 4.69) is 9.88 Å². The second kappa shape index (κ2) is 5.35. The molecule has 1 aliphatic rings. The molecule has 1 aromatic rings. The molecule has 5 heteroatoms. The standard InChI is InChI=1S/C13H18N2O3/c1-3-10-6-9(13(16)17)7-12(14-10)15-5-4-11(8-15)18-2/h6-7,11H,3-5,8H2,1-2H3,(H,16,17). The van der Waals surface area contributed by atoms with Crippen LogP contribution >= 0.6 is 0 Å². The second-order valence-electron chi connectivity index (χ2n) is 4.46. The van der Waals surface area contributed by atoms with Gasteiger partial charge in [0.1, 0.15) is 5.82 Å². The molecule has 0 bridgehead atoms. The van der Waals surface area contributed by atoms with Crippen LogP contribution in [-0.2, 0) is 11.2 Å². The Kier molecular flexibility index (Phi) is 3.81. The Morgan fingerprint density at radius 1 is 1.61 bits per heavy atom. The highest BCUT2D eigenvalue weighted by Gasteiger charge is 2.24. The summed E-state index contributed by atoms with van der Waals surface area (Å²) in [5.41, 5.74) is 1.11. The van der Waals surface area contributed by atoms with Gasteiger partial charge in [0.2, 0.25) is 0 Å². The molecule has 1 fully saturated rings. The summed E-state index contributed by atoms with van der Waals surface area (Å²) >= 11 is 0. The molecule has 1 saturated heterocycles. The van der Waals surface area contributed by atoms with E-state index in [1.54, 1.807) is 19.2 Å². The number of carbonyl (C=O) groups is 1. The van der Waals surface area contributed by atoms with E-state index in [4.69, 9.17) is 9.84 Å². The lowest BCUT2D eigenvalue weighted by molar-refractivity contribution is 0.0696. The minimum absolute atomic E-state index is 0.213. The molecule has 1 N–H and O–H groups in total. The molecule has 1 unspecified atom stereocenters. The van der Waals surface area contributed by atoms with E-state index in [0.717, 1.165) is 37.4 Å². The molecule has 1 atom stereocenters. The summed E-state index contributed by atoms with van der Waals surface area (Å²) in [7, 11) is 1.70. The molecule has 18 heavy (non-hydrogen) atoms. The summed E-state index contributed by atoms with van der Waals surface area (Å²) in [4.78, 5) is 17.7. The highest BCUT2D eigenvalue weighted by atomic mass is 16.5. The van der Waals surface area contributed by atoms with Gasteiger partial charge in [0.05, 0.1) is 11.7 Å². The molecule has 2 rings (SSSR count). The number of nitrogens with zero attached hydrogens (tertiary/aromatic N) is 2. The van der Waals surface area contributed by atoms with Crippen molar-refractivity contribution in [1.82, 2.24) is 4.98 Å². The van der Waals surface area contributed by atoms with Gasteiger partial charge in [0.25, 0.3) is 0 Å². The number of anilines is 1. The van der Waals surface area contributed by atoms with E-state index in [1.165, 1.54) is 0 Å². The average molecular weight is 250 g/mol. The van der Waals surface area contributed by atoms with Crippen molar-refractivity contribution in [3.63, 3.8) is 0 Å². The predicted molar refractivity (Wildman–Crippen MR) is 68.2 cm³/mol. The number of hydrogen-bond donors (Lipinski definition) is 1. The molecule has 0 amide bonds. The first kappa shape index (κ1) is 12.8. The third-order valence-corrected chi connectivity index (χ3v) is 3.28.